The molecule has 0 spiro atoms. The first-order valence-corrected chi connectivity index (χ1v) is 11.7. The van der Waals surface area contributed by atoms with E-state index in [2.05, 4.69) is 0 Å². The van der Waals surface area contributed by atoms with Gasteiger partial charge in [-0.25, -0.2) is 13.2 Å². The maximum absolute atomic E-state index is 14.9. The van der Waals surface area contributed by atoms with E-state index in [1.54, 1.807) is 48.5 Å². The summed E-state index contributed by atoms with van der Waals surface area (Å²) in [6.07, 6.45) is 5.64. The summed E-state index contributed by atoms with van der Waals surface area (Å²) in [4.78, 5) is 0. The van der Waals surface area contributed by atoms with Gasteiger partial charge in [-0.3, -0.25) is 0 Å². The van der Waals surface area contributed by atoms with Gasteiger partial charge in [0, 0.05) is 22.6 Å². The molecule has 0 atom stereocenters. The molecule has 3 aromatic carbocycles. The molecule has 34 heavy (non-hydrogen) atoms. The van der Waals surface area contributed by atoms with E-state index in [4.69, 9.17) is 9.47 Å². The SMILES string of the molecule is C/C=C/C1COC(c2ccc(-c3ccc(-c4ccc(CCCC)c(F)c4F)cc3)c(F)c2)OC1. The van der Waals surface area contributed by atoms with Gasteiger partial charge in [0.15, 0.2) is 17.9 Å². The van der Waals surface area contributed by atoms with Crippen molar-refractivity contribution in [3.05, 3.63) is 95.3 Å². The highest BCUT2D eigenvalue weighted by Gasteiger charge is 2.23. The van der Waals surface area contributed by atoms with Gasteiger partial charge < -0.3 is 9.47 Å². The summed E-state index contributed by atoms with van der Waals surface area (Å²) in [5.74, 6) is -1.83. The lowest BCUT2D eigenvalue weighted by atomic mass is 9.97. The predicted molar refractivity (Wildman–Crippen MR) is 129 cm³/mol. The Morgan fingerprint density at radius 3 is 2.12 bits per heavy atom. The van der Waals surface area contributed by atoms with E-state index in [1.165, 1.54) is 6.07 Å². The van der Waals surface area contributed by atoms with Crippen LogP contribution in [0.5, 0.6) is 0 Å². The monoisotopic (exact) mass is 466 g/mol. The first kappa shape index (κ1) is 24.2. The molecule has 0 unspecified atom stereocenters. The minimum Gasteiger partial charge on any atom is -0.348 e. The summed E-state index contributed by atoms with van der Waals surface area (Å²) in [6, 6.07) is 14.9. The Bertz CT molecular complexity index is 1150. The van der Waals surface area contributed by atoms with E-state index in [-0.39, 0.29) is 11.5 Å². The standard InChI is InChI=1S/C29H29F3O2/c1-3-5-7-22-12-15-25(28(32)27(22)31)21-10-8-20(9-11-21)24-14-13-23(16-26(24)30)29-33-17-19(6-4-2)18-34-29/h4,6,8-16,19,29H,3,5,7,17-18H2,1-2H3/b6-4+. The lowest BCUT2D eigenvalue weighted by Gasteiger charge is -2.28. The number of unbranched alkanes of at least 4 members (excludes halogenated alkanes) is 1. The second-order valence-corrected chi connectivity index (χ2v) is 8.60. The van der Waals surface area contributed by atoms with Crippen LogP contribution in [0.25, 0.3) is 22.3 Å². The van der Waals surface area contributed by atoms with Crippen molar-refractivity contribution in [1.82, 2.24) is 0 Å². The van der Waals surface area contributed by atoms with E-state index in [1.807, 2.05) is 26.0 Å². The maximum atomic E-state index is 14.9. The highest BCUT2D eigenvalue weighted by Crippen LogP contribution is 2.32. The highest BCUT2D eigenvalue weighted by atomic mass is 19.2. The van der Waals surface area contributed by atoms with Gasteiger partial charge in [-0.15, -0.1) is 0 Å². The van der Waals surface area contributed by atoms with Crippen LogP contribution in [0.2, 0.25) is 0 Å². The lowest BCUT2D eigenvalue weighted by Crippen LogP contribution is -2.25. The van der Waals surface area contributed by atoms with Crippen molar-refractivity contribution < 1.29 is 22.6 Å². The Kier molecular flexibility index (Phi) is 7.86. The van der Waals surface area contributed by atoms with Gasteiger partial charge >= 0.3 is 0 Å². The summed E-state index contributed by atoms with van der Waals surface area (Å²) in [7, 11) is 0. The summed E-state index contributed by atoms with van der Waals surface area (Å²) in [5, 5.41) is 0. The van der Waals surface area contributed by atoms with Crippen LogP contribution < -0.4 is 0 Å². The molecule has 5 heteroatoms. The van der Waals surface area contributed by atoms with Crippen LogP contribution in [0.4, 0.5) is 13.2 Å². The number of hydrogen-bond donors (Lipinski definition) is 0. The van der Waals surface area contributed by atoms with Crippen LogP contribution in [0.15, 0.2) is 66.7 Å². The largest absolute Gasteiger partial charge is 0.348 e. The molecule has 1 saturated heterocycles. The molecule has 1 aliphatic heterocycles. The molecule has 3 aromatic rings. The Morgan fingerprint density at radius 1 is 0.853 bits per heavy atom. The van der Waals surface area contributed by atoms with Crippen molar-refractivity contribution in [2.75, 3.05) is 13.2 Å². The predicted octanol–water partition coefficient (Wildman–Crippen LogP) is 8.02. The van der Waals surface area contributed by atoms with Crippen molar-refractivity contribution in [3.63, 3.8) is 0 Å². The molecule has 0 amide bonds. The fraction of sp³-hybridized carbons (Fsp3) is 0.310. The number of rotatable bonds is 7. The number of ether oxygens (including phenoxy) is 2. The first-order valence-electron chi connectivity index (χ1n) is 11.7. The fourth-order valence-electron chi connectivity index (χ4n) is 4.21. The van der Waals surface area contributed by atoms with Gasteiger partial charge in [0.25, 0.3) is 0 Å². The van der Waals surface area contributed by atoms with E-state index >= 15 is 0 Å². The van der Waals surface area contributed by atoms with Gasteiger partial charge in [0.2, 0.25) is 0 Å². The van der Waals surface area contributed by atoms with Crippen LogP contribution >= 0.6 is 0 Å². The van der Waals surface area contributed by atoms with Gasteiger partial charge in [0.1, 0.15) is 5.82 Å². The van der Waals surface area contributed by atoms with E-state index in [9.17, 15) is 13.2 Å². The Labute approximate surface area is 199 Å². The van der Waals surface area contributed by atoms with Gasteiger partial charge in [-0.05, 0) is 42.5 Å². The van der Waals surface area contributed by atoms with Crippen molar-refractivity contribution in [2.45, 2.75) is 39.4 Å². The molecular weight excluding hydrogens is 437 g/mol. The molecule has 1 heterocycles. The molecule has 178 valence electrons. The number of benzene rings is 3. The van der Waals surface area contributed by atoms with Crippen molar-refractivity contribution >= 4 is 0 Å². The molecule has 1 aliphatic rings. The molecular formula is C29H29F3O2. The summed E-state index contributed by atoms with van der Waals surface area (Å²) >= 11 is 0. The topological polar surface area (TPSA) is 18.5 Å². The number of hydrogen-bond acceptors (Lipinski definition) is 2. The molecule has 0 aromatic heterocycles. The van der Waals surface area contributed by atoms with Crippen LogP contribution in [0, 0.1) is 23.4 Å². The average Bonchev–Trinajstić information content (AvgIpc) is 2.86. The average molecular weight is 467 g/mol. The Balaban J connectivity index is 1.51. The molecule has 0 aliphatic carbocycles. The van der Waals surface area contributed by atoms with Crippen molar-refractivity contribution in [1.29, 1.82) is 0 Å². The third-order valence-corrected chi connectivity index (χ3v) is 6.12. The van der Waals surface area contributed by atoms with Crippen LogP contribution in [-0.4, -0.2) is 13.2 Å². The quantitative estimate of drug-likeness (QED) is 0.328. The van der Waals surface area contributed by atoms with Gasteiger partial charge in [-0.1, -0.05) is 74.0 Å². The van der Waals surface area contributed by atoms with E-state index < -0.39 is 23.7 Å². The Hall–Kier alpha value is -2.89. The molecule has 0 saturated carbocycles. The smallest absolute Gasteiger partial charge is 0.183 e. The van der Waals surface area contributed by atoms with E-state index in [0.29, 0.717) is 47.5 Å². The molecule has 2 nitrogen and oxygen atoms in total. The Morgan fingerprint density at radius 2 is 1.50 bits per heavy atom. The summed E-state index contributed by atoms with van der Waals surface area (Å²) in [5.41, 5.74) is 2.82. The highest BCUT2D eigenvalue weighted by molar-refractivity contribution is 5.71. The van der Waals surface area contributed by atoms with Crippen molar-refractivity contribution in [3.8, 4) is 22.3 Å². The molecule has 0 radical (unpaired) electrons. The molecule has 0 N–H and O–H groups in total. The number of aryl methyl sites for hydroxylation is 1. The zero-order valence-corrected chi connectivity index (χ0v) is 19.5. The van der Waals surface area contributed by atoms with E-state index in [0.717, 1.165) is 12.8 Å². The number of halogens is 3. The van der Waals surface area contributed by atoms with Crippen LogP contribution in [0.3, 0.4) is 0 Å². The third-order valence-electron chi connectivity index (χ3n) is 6.12. The first-order chi connectivity index (χ1) is 16.5. The minimum atomic E-state index is -0.846. The third kappa shape index (κ3) is 5.26. The van der Waals surface area contributed by atoms with Gasteiger partial charge in [-0.2, -0.15) is 0 Å². The maximum Gasteiger partial charge on any atom is 0.183 e. The minimum absolute atomic E-state index is 0.197. The lowest BCUT2D eigenvalue weighted by molar-refractivity contribution is -0.197. The van der Waals surface area contributed by atoms with Crippen molar-refractivity contribution in [2.24, 2.45) is 5.92 Å². The summed E-state index contributed by atoms with van der Waals surface area (Å²) in [6.45, 7) is 5.01. The second kappa shape index (κ2) is 11.0. The van der Waals surface area contributed by atoms with Crippen LogP contribution in [0.1, 0.15) is 44.1 Å². The van der Waals surface area contributed by atoms with Gasteiger partial charge in [0.05, 0.1) is 13.2 Å². The summed E-state index contributed by atoms with van der Waals surface area (Å²) < 4.78 is 55.6. The normalized spacial score (nSPS) is 18.5. The van der Waals surface area contributed by atoms with Crippen LogP contribution in [-0.2, 0) is 15.9 Å². The zero-order chi connectivity index (χ0) is 24.1. The molecule has 1 fully saturated rings. The second-order valence-electron chi connectivity index (χ2n) is 8.60. The molecule has 4 rings (SSSR count). The zero-order valence-electron chi connectivity index (χ0n) is 19.5. The number of allylic oxidation sites excluding steroid dienone is 1. The molecule has 0 bridgehead atoms. The fourth-order valence-corrected chi connectivity index (χ4v) is 4.21.